The highest BCUT2D eigenvalue weighted by Gasteiger charge is 2.39. The number of hydrogen-bond donors (Lipinski definition) is 1. The highest BCUT2D eigenvalue weighted by atomic mass is 32.2. The molecule has 0 spiro atoms. The van der Waals surface area contributed by atoms with Gasteiger partial charge in [-0.1, -0.05) is 48.0 Å². The summed E-state index contributed by atoms with van der Waals surface area (Å²) in [6.07, 6.45) is -0.552. The smallest absolute Gasteiger partial charge is 0.419 e. The molecule has 3 aromatic carbocycles. The number of rotatable bonds is 3. The average Bonchev–Trinajstić information content (AvgIpc) is 3.18. The van der Waals surface area contributed by atoms with E-state index in [0.29, 0.717) is 11.2 Å². The second-order valence-corrected chi connectivity index (χ2v) is 12.4. The highest BCUT2D eigenvalue weighted by Crippen LogP contribution is 2.42. The number of aromatic hydroxyl groups is 1. The van der Waals surface area contributed by atoms with E-state index in [9.17, 15) is 18.3 Å². The van der Waals surface area contributed by atoms with E-state index in [0.717, 1.165) is 22.1 Å². The van der Waals surface area contributed by atoms with E-state index in [-0.39, 0.29) is 29.7 Å². The van der Waals surface area contributed by atoms with Crippen LogP contribution in [0.3, 0.4) is 0 Å². The molecule has 7 nitrogen and oxygen atoms in total. The third-order valence-corrected chi connectivity index (χ3v) is 8.43. The lowest BCUT2D eigenvalue weighted by atomic mass is 9.87. The van der Waals surface area contributed by atoms with Crippen LogP contribution in [0.1, 0.15) is 49.1 Å². The predicted octanol–water partition coefficient (Wildman–Crippen LogP) is 5.77. The van der Waals surface area contributed by atoms with Crippen molar-refractivity contribution in [2.24, 2.45) is 0 Å². The number of fused-ring (bicyclic) bond motifs is 3. The van der Waals surface area contributed by atoms with Crippen LogP contribution in [0.5, 0.6) is 5.75 Å². The van der Waals surface area contributed by atoms with Gasteiger partial charge in [0.15, 0.2) is 0 Å². The highest BCUT2D eigenvalue weighted by molar-refractivity contribution is 7.89. The molecule has 4 aromatic rings. The molecule has 5 rings (SSSR count). The number of phenols is 1. The van der Waals surface area contributed by atoms with Crippen LogP contribution in [0.2, 0.25) is 0 Å². The molecule has 0 bridgehead atoms. The number of carbonyl (C=O) groups is 1. The maximum absolute atomic E-state index is 13.8. The van der Waals surface area contributed by atoms with Crippen LogP contribution in [0.15, 0.2) is 77.7 Å². The van der Waals surface area contributed by atoms with Gasteiger partial charge in [0.25, 0.3) is 0 Å². The zero-order valence-electron chi connectivity index (χ0n) is 21.3. The van der Waals surface area contributed by atoms with Crippen molar-refractivity contribution >= 4 is 27.0 Å². The van der Waals surface area contributed by atoms with Gasteiger partial charge >= 0.3 is 6.09 Å². The summed E-state index contributed by atoms with van der Waals surface area (Å²) in [6.45, 7) is 7.53. The molecule has 0 aliphatic carbocycles. The zero-order chi connectivity index (χ0) is 26.5. The van der Waals surface area contributed by atoms with Gasteiger partial charge in [0.1, 0.15) is 11.4 Å². The summed E-state index contributed by atoms with van der Waals surface area (Å²) in [5, 5.41) is 10.8. The maximum Gasteiger partial charge on any atom is 0.419 e. The van der Waals surface area contributed by atoms with Crippen LogP contribution in [0.4, 0.5) is 4.79 Å². The molecule has 0 saturated carbocycles. The first-order valence-corrected chi connectivity index (χ1v) is 13.6. The van der Waals surface area contributed by atoms with E-state index >= 15 is 0 Å². The molecule has 1 aromatic heterocycles. The summed E-state index contributed by atoms with van der Waals surface area (Å²) in [6, 6.07) is 21.1. The van der Waals surface area contributed by atoms with Crippen molar-refractivity contribution in [3.8, 4) is 5.75 Å². The van der Waals surface area contributed by atoms with Crippen molar-refractivity contribution in [3.05, 3.63) is 95.2 Å². The summed E-state index contributed by atoms with van der Waals surface area (Å²) < 4.78 is 36.3. The molecule has 37 heavy (non-hydrogen) atoms. The van der Waals surface area contributed by atoms with E-state index in [2.05, 4.69) is 0 Å². The van der Waals surface area contributed by atoms with E-state index in [1.54, 1.807) is 69.3 Å². The van der Waals surface area contributed by atoms with Crippen LogP contribution in [0.25, 0.3) is 10.9 Å². The molecule has 1 unspecified atom stereocenters. The van der Waals surface area contributed by atoms with Crippen molar-refractivity contribution in [3.63, 3.8) is 0 Å². The lowest BCUT2D eigenvalue weighted by Gasteiger charge is -2.33. The summed E-state index contributed by atoms with van der Waals surface area (Å²) in [7, 11) is -3.87. The molecule has 1 N–H and O–H groups in total. The van der Waals surface area contributed by atoms with Gasteiger partial charge in [0.2, 0.25) is 10.0 Å². The number of sulfonamides is 1. The Bertz CT molecular complexity index is 1580. The van der Waals surface area contributed by atoms with Crippen molar-refractivity contribution < 1.29 is 23.1 Å². The SMILES string of the molecule is Cc1ccc(S(=O)(=O)N2Cc3c(c4ccccc4n3C(=O)OC(C)(C)C)C(c3ccc(O)cc3)C2)cc1. The Morgan fingerprint density at radius 1 is 0.973 bits per heavy atom. The van der Waals surface area contributed by atoms with Crippen LogP contribution < -0.4 is 0 Å². The molecule has 8 heteroatoms. The normalized spacial score (nSPS) is 16.5. The average molecular weight is 519 g/mol. The minimum absolute atomic E-state index is 0.0219. The standard InChI is InChI=1S/C29H30N2O5S/c1-19-9-15-22(16-10-19)37(34,35)30-17-24(20-11-13-21(32)14-12-20)27-23-7-5-6-8-25(23)31(26(27)18-30)28(33)36-29(2,3)4/h5-16,24,32H,17-18H2,1-4H3. The van der Waals surface area contributed by atoms with Crippen molar-refractivity contribution in [2.75, 3.05) is 6.54 Å². The predicted molar refractivity (Wildman–Crippen MR) is 142 cm³/mol. The van der Waals surface area contributed by atoms with Gasteiger partial charge in [0, 0.05) is 23.5 Å². The number of hydrogen-bond acceptors (Lipinski definition) is 5. The molecule has 2 heterocycles. The summed E-state index contributed by atoms with van der Waals surface area (Å²) >= 11 is 0. The van der Waals surface area contributed by atoms with Gasteiger partial charge in [-0.05, 0) is 69.2 Å². The van der Waals surface area contributed by atoms with Crippen LogP contribution in [-0.2, 0) is 21.3 Å². The number of nitrogens with zero attached hydrogens (tertiary/aromatic N) is 2. The Kier molecular flexibility index (Phi) is 6.12. The lowest BCUT2D eigenvalue weighted by Crippen LogP contribution is -2.40. The first-order chi connectivity index (χ1) is 17.5. The Morgan fingerprint density at radius 3 is 2.27 bits per heavy atom. The van der Waals surface area contributed by atoms with E-state index < -0.39 is 21.7 Å². The molecule has 0 radical (unpaired) electrons. The number of phenolic OH excluding ortho intramolecular Hbond substituents is 1. The van der Waals surface area contributed by atoms with Crippen LogP contribution in [0, 0.1) is 6.92 Å². The molecule has 1 atom stereocenters. The Morgan fingerprint density at radius 2 is 1.62 bits per heavy atom. The largest absolute Gasteiger partial charge is 0.508 e. The van der Waals surface area contributed by atoms with E-state index in [4.69, 9.17) is 4.74 Å². The summed E-state index contributed by atoms with van der Waals surface area (Å²) in [5.41, 5.74) is 3.22. The van der Waals surface area contributed by atoms with Gasteiger partial charge in [0.05, 0.1) is 17.0 Å². The molecular weight excluding hydrogens is 488 g/mol. The van der Waals surface area contributed by atoms with Gasteiger partial charge < -0.3 is 9.84 Å². The first kappa shape index (κ1) is 25.0. The summed E-state index contributed by atoms with van der Waals surface area (Å²) in [5.74, 6) is -0.238. The van der Waals surface area contributed by atoms with E-state index in [1.807, 2.05) is 31.2 Å². The zero-order valence-corrected chi connectivity index (χ0v) is 22.1. The molecule has 0 fully saturated rings. The fourth-order valence-electron chi connectivity index (χ4n) is 4.93. The minimum Gasteiger partial charge on any atom is -0.508 e. The van der Waals surface area contributed by atoms with Crippen LogP contribution in [-0.4, -0.2) is 40.6 Å². The number of carbonyl (C=O) groups excluding carboxylic acids is 1. The summed E-state index contributed by atoms with van der Waals surface area (Å²) in [4.78, 5) is 13.7. The second-order valence-electron chi connectivity index (χ2n) is 10.4. The Labute approximate surface area is 217 Å². The van der Waals surface area contributed by atoms with Gasteiger partial charge in [-0.3, -0.25) is 0 Å². The van der Waals surface area contributed by atoms with Gasteiger partial charge in [-0.15, -0.1) is 0 Å². The second kappa shape index (κ2) is 9.04. The monoisotopic (exact) mass is 518 g/mol. The molecule has 192 valence electrons. The Balaban J connectivity index is 1.73. The molecule has 1 aliphatic heterocycles. The van der Waals surface area contributed by atoms with Gasteiger partial charge in [-0.2, -0.15) is 4.31 Å². The number of aryl methyl sites for hydroxylation is 1. The number of aromatic nitrogens is 1. The minimum atomic E-state index is -3.87. The lowest BCUT2D eigenvalue weighted by molar-refractivity contribution is 0.0536. The maximum atomic E-state index is 13.8. The number of ether oxygens (including phenoxy) is 1. The molecule has 0 amide bonds. The van der Waals surface area contributed by atoms with Crippen molar-refractivity contribution in [2.45, 2.75) is 50.7 Å². The third-order valence-electron chi connectivity index (χ3n) is 6.61. The van der Waals surface area contributed by atoms with Crippen LogP contribution >= 0.6 is 0 Å². The fourth-order valence-corrected chi connectivity index (χ4v) is 6.34. The number of benzene rings is 3. The molecular formula is C29H30N2O5S. The van der Waals surface area contributed by atoms with Crippen molar-refractivity contribution in [1.82, 2.24) is 8.87 Å². The topological polar surface area (TPSA) is 88.8 Å². The Hall–Kier alpha value is -3.62. The first-order valence-electron chi connectivity index (χ1n) is 12.2. The van der Waals surface area contributed by atoms with Gasteiger partial charge in [-0.25, -0.2) is 17.8 Å². The van der Waals surface area contributed by atoms with Crippen molar-refractivity contribution in [1.29, 1.82) is 0 Å². The molecule has 0 saturated heterocycles. The third kappa shape index (κ3) is 4.63. The fraction of sp³-hybridized carbons (Fsp3) is 0.276. The van der Waals surface area contributed by atoms with E-state index in [1.165, 1.54) is 8.87 Å². The molecule has 1 aliphatic rings. The quantitative estimate of drug-likeness (QED) is 0.372. The number of para-hydroxylation sites is 1.